The van der Waals surface area contributed by atoms with Crippen LogP contribution >= 0.6 is 0 Å². The molecule has 1 amide bonds. The van der Waals surface area contributed by atoms with Crippen molar-refractivity contribution in [2.75, 3.05) is 19.8 Å². The normalized spacial score (nSPS) is 22.9. The number of rotatable bonds is 13. The Labute approximate surface area is 235 Å². The fraction of sp³-hybridized carbons (Fsp3) is 0.533. The minimum atomic E-state index is -1.03. The van der Waals surface area contributed by atoms with E-state index in [1.807, 2.05) is 60.7 Å². The highest BCUT2D eigenvalue weighted by Crippen LogP contribution is 2.30. The zero-order chi connectivity index (χ0) is 29.0. The molecule has 40 heavy (non-hydrogen) atoms. The number of hydrogen-bond acceptors (Lipinski definition) is 9. The number of nitrogens with one attached hydrogen (secondary N) is 1. The fourth-order valence-electron chi connectivity index (χ4n) is 4.18. The van der Waals surface area contributed by atoms with Crippen LogP contribution in [0.25, 0.3) is 0 Å². The van der Waals surface area contributed by atoms with Crippen molar-refractivity contribution in [3.63, 3.8) is 0 Å². The van der Waals surface area contributed by atoms with Gasteiger partial charge in [0.2, 0.25) is 0 Å². The van der Waals surface area contributed by atoms with Crippen LogP contribution < -0.4 is 5.32 Å². The van der Waals surface area contributed by atoms with Gasteiger partial charge < -0.3 is 38.8 Å². The van der Waals surface area contributed by atoms with Gasteiger partial charge in [0, 0.05) is 13.5 Å². The molecule has 1 aliphatic rings. The highest BCUT2D eigenvalue weighted by atomic mass is 16.7. The van der Waals surface area contributed by atoms with Crippen molar-refractivity contribution in [2.24, 2.45) is 0 Å². The van der Waals surface area contributed by atoms with E-state index >= 15 is 0 Å². The van der Waals surface area contributed by atoms with Gasteiger partial charge in [-0.15, -0.1) is 0 Å². The van der Waals surface area contributed by atoms with Crippen molar-refractivity contribution in [3.05, 3.63) is 71.8 Å². The minimum absolute atomic E-state index is 0.178. The first kappa shape index (κ1) is 31.5. The van der Waals surface area contributed by atoms with Gasteiger partial charge in [-0.1, -0.05) is 60.7 Å². The number of aliphatic hydroxyl groups excluding tert-OH is 1. The molecule has 2 aromatic rings. The van der Waals surface area contributed by atoms with E-state index in [2.05, 4.69) is 5.32 Å². The van der Waals surface area contributed by atoms with Crippen molar-refractivity contribution in [1.82, 2.24) is 5.32 Å². The first-order valence-corrected chi connectivity index (χ1v) is 13.5. The van der Waals surface area contributed by atoms with Gasteiger partial charge in [0.15, 0.2) is 12.4 Å². The van der Waals surface area contributed by atoms with E-state index in [-0.39, 0.29) is 26.4 Å². The molecule has 220 valence electrons. The molecule has 2 N–H and O–H groups in total. The quantitative estimate of drug-likeness (QED) is 0.279. The molecule has 1 fully saturated rings. The molecule has 5 atom stereocenters. The predicted molar refractivity (Wildman–Crippen MR) is 146 cm³/mol. The predicted octanol–water partition coefficient (Wildman–Crippen LogP) is 3.74. The summed E-state index contributed by atoms with van der Waals surface area (Å²) in [6.45, 7) is 7.25. The summed E-state index contributed by atoms with van der Waals surface area (Å²) in [5.74, 6) is -0.536. The molecule has 1 aliphatic heterocycles. The molecule has 10 nitrogen and oxygen atoms in total. The van der Waals surface area contributed by atoms with Crippen molar-refractivity contribution in [3.8, 4) is 0 Å². The lowest BCUT2D eigenvalue weighted by Gasteiger charge is -2.45. The molecule has 1 heterocycles. The number of ether oxygens (including phenoxy) is 6. The van der Waals surface area contributed by atoms with Crippen LogP contribution in [-0.2, 0) is 46.4 Å². The summed E-state index contributed by atoms with van der Waals surface area (Å²) in [6.07, 6.45) is -4.44. The molecule has 0 aliphatic carbocycles. The number of hydrogen-bond donors (Lipinski definition) is 2. The molecular formula is C30H41NO9. The van der Waals surface area contributed by atoms with Gasteiger partial charge in [-0.2, -0.15) is 0 Å². The van der Waals surface area contributed by atoms with Gasteiger partial charge >= 0.3 is 12.1 Å². The van der Waals surface area contributed by atoms with Crippen molar-refractivity contribution < 1.29 is 43.1 Å². The zero-order valence-corrected chi connectivity index (χ0v) is 23.6. The van der Waals surface area contributed by atoms with E-state index < -0.39 is 48.4 Å². The van der Waals surface area contributed by atoms with Crippen LogP contribution in [0, 0.1) is 0 Å². The molecule has 0 radical (unpaired) electrons. The third-order valence-corrected chi connectivity index (χ3v) is 5.92. The SMILES string of the molecule is CC(=O)O[C@@H]1[C@@H](OCCCNC(=O)OC(C)(C)C)O[C@H](CO)[C@@H](OCc2ccccc2)[C@@H]1OCc1ccccc1. The summed E-state index contributed by atoms with van der Waals surface area (Å²) >= 11 is 0. The average Bonchev–Trinajstić information content (AvgIpc) is 2.91. The van der Waals surface area contributed by atoms with Crippen LogP contribution in [0.5, 0.6) is 0 Å². The van der Waals surface area contributed by atoms with E-state index in [4.69, 9.17) is 28.4 Å². The van der Waals surface area contributed by atoms with Crippen molar-refractivity contribution in [2.45, 2.75) is 83.6 Å². The van der Waals surface area contributed by atoms with Crippen LogP contribution in [-0.4, -0.2) is 73.2 Å². The molecule has 0 unspecified atom stereocenters. The monoisotopic (exact) mass is 559 g/mol. The highest BCUT2D eigenvalue weighted by Gasteiger charge is 2.49. The number of aliphatic hydroxyl groups is 1. The molecular weight excluding hydrogens is 518 g/mol. The Morgan fingerprint density at radius 2 is 1.45 bits per heavy atom. The summed E-state index contributed by atoms with van der Waals surface area (Å²) in [7, 11) is 0. The fourth-order valence-corrected chi connectivity index (χ4v) is 4.18. The van der Waals surface area contributed by atoms with E-state index in [0.29, 0.717) is 13.0 Å². The van der Waals surface area contributed by atoms with Gasteiger partial charge in [0.1, 0.15) is 23.9 Å². The second-order valence-electron chi connectivity index (χ2n) is 10.5. The first-order valence-electron chi connectivity index (χ1n) is 13.5. The Morgan fingerprint density at radius 1 is 0.875 bits per heavy atom. The van der Waals surface area contributed by atoms with Crippen LogP contribution in [0.1, 0.15) is 45.2 Å². The molecule has 0 aromatic heterocycles. The number of carbonyl (C=O) groups is 2. The summed E-state index contributed by atoms with van der Waals surface area (Å²) in [5, 5.41) is 12.9. The number of amides is 1. The third-order valence-electron chi connectivity index (χ3n) is 5.92. The molecule has 2 aromatic carbocycles. The standard InChI is InChI=1S/C30H41NO9/c1-21(33)38-27-26(37-20-23-14-9-6-10-15-23)25(36-19-22-12-7-5-8-13-22)24(18-32)39-28(27)35-17-11-16-31-29(34)40-30(2,3)4/h5-10,12-15,24-28,32H,11,16-20H2,1-4H3,(H,31,34)/t24-,25-,26+,27+,28+/m1/s1. The number of carbonyl (C=O) groups excluding carboxylic acids is 2. The van der Waals surface area contributed by atoms with Crippen molar-refractivity contribution >= 4 is 12.1 Å². The van der Waals surface area contributed by atoms with Gasteiger partial charge in [-0.25, -0.2) is 4.79 Å². The Morgan fingerprint density at radius 3 is 1.98 bits per heavy atom. The van der Waals surface area contributed by atoms with Crippen LogP contribution in [0.2, 0.25) is 0 Å². The maximum atomic E-state index is 12.1. The molecule has 10 heteroatoms. The molecule has 1 saturated heterocycles. The smallest absolute Gasteiger partial charge is 0.407 e. The van der Waals surface area contributed by atoms with E-state index in [1.54, 1.807) is 20.8 Å². The van der Waals surface area contributed by atoms with Gasteiger partial charge in [0.25, 0.3) is 0 Å². The largest absolute Gasteiger partial charge is 0.454 e. The highest BCUT2D eigenvalue weighted by molar-refractivity contribution is 5.67. The molecule has 0 saturated carbocycles. The Balaban J connectivity index is 1.71. The zero-order valence-electron chi connectivity index (χ0n) is 23.6. The van der Waals surface area contributed by atoms with E-state index in [1.165, 1.54) is 6.92 Å². The second kappa shape index (κ2) is 15.7. The lowest BCUT2D eigenvalue weighted by atomic mass is 9.98. The Hall–Kier alpha value is -3.02. The number of alkyl carbamates (subject to hydrolysis) is 1. The third kappa shape index (κ3) is 10.5. The maximum Gasteiger partial charge on any atom is 0.407 e. The Kier molecular flexibility index (Phi) is 12.4. The average molecular weight is 560 g/mol. The molecule has 0 spiro atoms. The summed E-state index contributed by atoms with van der Waals surface area (Å²) in [4.78, 5) is 24.0. The molecule has 0 bridgehead atoms. The molecule has 3 rings (SSSR count). The Bertz CT molecular complexity index is 1030. The van der Waals surface area contributed by atoms with E-state index in [0.717, 1.165) is 11.1 Å². The summed E-state index contributed by atoms with van der Waals surface area (Å²) in [5.41, 5.74) is 1.26. The minimum Gasteiger partial charge on any atom is -0.454 e. The van der Waals surface area contributed by atoms with Crippen LogP contribution in [0.15, 0.2) is 60.7 Å². The summed E-state index contributed by atoms with van der Waals surface area (Å²) < 4.78 is 35.5. The van der Waals surface area contributed by atoms with Gasteiger partial charge in [0.05, 0.1) is 26.4 Å². The lowest BCUT2D eigenvalue weighted by Crippen LogP contribution is -2.62. The summed E-state index contributed by atoms with van der Waals surface area (Å²) in [6, 6.07) is 19.2. The van der Waals surface area contributed by atoms with Crippen LogP contribution in [0.3, 0.4) is 0 Å². The second-order valence-corrected chi connectivity index (χ2v) is 10.5. The maximum absolute atomic E-state index is 12.1. The van der Waals surface area contributed by atoms with Gasteiger partial charge in [-0.3, -0.25) is 4.79 Å². The van der Waals surface area contributed by atoms with Gasteiger partial charge in [-0.05, 0) is 38.3 Å². The van der Waals surface area contributed by atoms with E-state index in [9.17, 15) is 14.7 Å². The lowest BCUT2D eigenvalue weighted by molar-refractivity contribution is -0.319. The van der Waals surface area contributed by atoms with Crippen molar-refractivity contribution in [1.29, 1.82) is 0 Å². The first-order chi connectivity index (χ1) is 19.2. The topological polar surface area (TPSA) is 122 Å². The number of benzene rings is 2. The van der Waals surface area contributed by atoms with Crippen LogP contribution in [0.4, 0.5) is 4.79 Å². The number of esters is 1.